The Morgan fingerprint density at radius 1 is 0.649 bits per heavy atom. The summed E-state index contributed by atoms with van der Waals surface area (Å²) in [4.78, 5) is 23.2. The Bertz CT molecular complexity index is 2970. The second-order valence-corrected chi connectivity index (χ2v) is 17.1. The molecule has 0 fully saturated rings. The smallest absolute Gasteiger partial charge is 0.163 e. The summed E-state index contributed by atoms with van der Waals surface area (Å²) in [6, 6.07) is 32.5. The monoisotopic (exact) mass is 938 g/mol. The SMILES string of the molecule is [2H]C([2H])([2H])c1cnc(-c2[c-]ccc3c2oc2c4ccc(-c5nc(C(C)(C)C)nc(C(C)(C)C)n5)cc4ccc32)cc1C([2H])([2H])[2H].[2H]C([2H])(c1ccc(-c2[c-]cccc2)nc1)C(C)(C)C.[Ir]. The molecule has 7 heteroatoms. The normalized spacial score (nSPS) is 14.8. The first-order chi connectivity index (χ1) is 29.6. The average Bonchev–Trinajstić information content (AvgIpc) is 3.61. The van der Waals surface area contributed by atoms with E-state index in [0.29, 0.717) is 28.1 Å². The topological polar surface area (TPSA) is 77.6 Å². The molecule has 0 aliphatic carbocycles. The fourth-order valence-electron chi connectivity index (χ4n) is 6.24. The van der Waals surface area contributed by atoms with Crippen LogP contribution in [0.2, 0.25) is 0 Å². The standard InChI is InChI=1S/C34H33N4O.C16H18N.Ir/c1-19-16-27(35-18-20(19)2)26-11-9-10-24-25-15-12-21-17-22(13-14-23(21)28(25)39-29(24)26)30-36-31(33(3,4)5)38-32(37-30)34(6,7)8;1-16(2,3)11-13-9-10-15(17-12-13)14-7-5-4-6-8-14;/h9-10,12-18H,1-8H3;4-7,9-10,12H,11H2,1-3H3;/q2*-1;/i1D3,2D3;11D2;. The molecule has 4 heterocycles. The van der Waals surface area contributed by atoms with Crippen molar-refractivity contribution in [2.75, 3.05) is 0 Å². The van der Waals surface area contributed by atoms with Crippen LogP contribution in [0.25, 0.3) is 66.6 Å². The first-order valence-corrected chi connectivity index (χ1v) is 18.7. The van der Waals surface area contributed by atoms with Gasteiger partial charge >= 0.3 is 0 Å². The van der Waals surface area contributed by atoms with E-state index in [4.69, 9.17) is 30.3 Å². The predicted molar refractivity (Wildman–Crippen MR) is 231 cm³/mol. The van der Waals surface area contributed by atoms with Crippen LogP contribution in [0, 0.1) is 31.3 Å². The number of hydrogen-bond donors (Lipinski definition) is 0. The minimum Gasteiger partial charge on any atom is -0.500 e. The van der Waals surface area contributed by atoms with E-state index in [1.165, 1.54) is 6.07 Å². The van der Waals surface area contributed by atoms with Crippen LogP contribution in [0.3, 0.4) is 0 Å². The van der Waals surface area contributed by atoms with Crippen LogP contribution < -0.4 is 0 Å². The van der Waals surface area contributed by atoms with Crippen LogP contribution in [0.5, 0.6) is 0 Å². The van der Waals surface area contributed by atoms with E-state index < -0.39 is 25.5 Å². The largest absolute Gasteiger partial charge is 0.500 e. The molecule has 0 saturated carbocycles. The molecule has 0 spiro atoms. The molecule has 0 bridgehead atoms. The number of hydrogen-bond acceptors (Lipinski definition) is 6. The van der Waals surface area contributed by atoms with E-state index in [2.05, 4.69) is 63.6 Å². The molecule has 6 nitrogen and oxygen atoms in total. The van der Waals surface area contributed by atoms with Crippen molar-refractivity contribution in [1.82, 2.24) is 24.9 Å². The zero-order valence-corrected chi connectivity index (χ0v) is 36.1. The number of pyridine rings is 2. The maximum atomic E-state index is 8.21. The average molecular weight is 938 g/mol. The number of nitrogens with zero attached hydrogens (tertiary/aromatic N) is 5. The molecule has 0 unspecified atom stereocenters. The van der Waals surface area contributed by atoms with Crippen LogP contribution in [0.15, 0.2) is 102 Å². The Morgan fingerprint density at radius 2 is 1.35 bits per heavy atom. The van der Waals surface area contributed by atoms with Crippen molar-refractivity contribution in [2.45, 2.75) is 93.2 Å². The van der Waals surface area contributed by atoms with E-state index in [0.717, 1.165) is 56.2 Å². The number of fused-ring (bicyclic) bond motifs is 5. The van der Waals surface area contributed by atoms with Crippen molar-refractivity contribution >= 4 is 32.7 Å². The summed E-state index contributed by atoms with van der Waals surface area (Å²) in [7, 11) is 0. The summed E-state index contributed by atoms with van der Waals surface area (Å²) >= 11 is 0. The molecule has 8 aromatic rings. The van der Waals surface area contributed by atoms with Gasteiger partial charge in [-0.3, -0.25) is 0 Å². The van der Waals surface area contributed by atoms with Gasteiger partial charge in [0.05, 0.1) is 5.58 Å². The first-order valence-electron chi connectivity index (χ1n) is 22.7. The van der Waals surface area contributed by atoms with E-state index in [9.17, 15) is 0 Å². The van der Waals surface area contributed by atoms with Crippen molar-refractivity contribution in [3.63, 3.8) is 0 Å². The van der Waals surface area contributed by atoms with E-state index in [1.807, 2.05) is 93.6 Å². The van der Waals surface area contributed by atoms with Gasteiger partial charge in [-0.2, -0.15) is 0 Å². The summed E-state index contributed by atoms with van der Waals surface area (Å²) < 4.78 is 70.2. The van der Waals surface area contributed by atoms with Crippen LogP contribution >= 0.6 is 0 Å². The van der Waals surface area contributed by atoms with Gasteiger partial charge in [-0.1, -0.05) is 115 Å². The van der Waals surface area contributed by atoms with Gasteiger partial charge in [0, 0.05) is 70.6 Å². The zero-order chi connectivity index (χ0) is 46.8. The quantitative estimate of drug-likeness (QED) is 0.164. The summed E-state index contributed by atoms with van der Waals surface area (Å²) in [6.45, 7) is 12.9. The van der Waals surface area contributed by atoms with Crippen molar-refractivity contribution in [1.29, 1.82) is 0 Å². The number of aromatic nitrogens is 5. The third kappa shape index (κ3) is 9.22. The summed E-state index contributed by atoms with van der Waals surface area (Å²) in [5.41, 5.74) is 3.53. The maximum Gasteiger partial charge on any atom is 0.163 e. The second kappa shape index (κ2) is 16.0. The minimum atomic E-state index is -2.64. The number of aryl methyl sites for hydroxylation is 2. The van der Waals surface area contributed by atoms with E-state index in [1.54, 1.807) is 12.3 Å². The summed E-state index contributed by atoms with van der Waals surface area (Å²) in [5.74, 6) is 2.08. The van der Waals surface area contributed by atoms with Crippen molar-refractivity contribution in [3.8, 4) is 33.9 Å². The molecular weight excluding hydrogens is 879 g/mol. The number of furan rings is 1. The number of rotatable bonds is 4. The third-order valence-electron chi connectivity index (χ3n) is 9.08. The van der Waals surface area contributed by atoms with Gasteiger partial charge in [0.1, 0.15) is 17.2 Å². The first kappa shape index (κ1) is 31.9. The molecule has 0 aliphatic rings. The second-order valence-electron chi connectivity index (χ2n) is 17.1. The molecule has 0 amide bonds. The molecule has 0 N–H and O–H groups in total. The molecular formula is C50H51IrN5O-2. The van der Waals surface area contributed by atoms with Crippen molar-refractivity contribution in [3.05, 3.63) is 138 Å². The molecule has 0 atom stereocenters. The molecule has 1 radical (unpaired) electrons. The molecule has 0 saturated heterocycles. The van der Waals surface area contributed by atoms with Gasteiger partial charge in [0.2, 0.25) is 0 Å². The van der Waals surface area contributed by atoms with Crippen LogP contribution in [-0.2, 0) is 37.3 Å². The molecule has 0 aliphatic heterocycles. The van der Waals surface area contributed by atoms with Gasteiger partial charge in [-0.05, 0) is 65.5 Å². The zero-order valence-electron chi connectivity index (χ0n) is 41.7. The van der Waals surface area contributed by atoms with Crippen molar-refractivity contribution < 1.29 is 35.5 Å². The van der Waals surface area contributed by atoms with Gasteiger partial charge in [0.15, 0.2) is 5.82 Å². The fraction of sp³-hybridized carbons (Fsp3) is 0.300. The van der Waals surface area contributed by atoms with Crippen LogP contribution in [-0.4, -0.2) is 24.9 Å². The van der Waals surface area contributed by atoms with E-state index >= 15 is 0 Å². The van der Waals surface area contributed by atoms with Gasteiger partial charge in [-0.15, -0.1) is 54.1 Å². The van der Waals surface area contributed by atoms with Gasteiger partial charge in [-0.25, -0.2) is 15.0 Å². The van der Waals surface area contributed by atoms with Crippen molar-refractivity contribution in [2.24, 2.45) is 5.41 Å². The minimum absolute atomic E-state index is 0. The molecule has 4 aromatic heterocycles. The maximum absolute atomic E-state index is 8.21. The molecule has 4 aromatic carbocycles. The van der Waals surface area contributed by atoms with Crippen LogP contribution in [0.1, 0.15) is 102 Å². The van der Waals surface area contributed by atoms with Crippen LogP contribution in [0.4, 0.5) is 0 Å². The Kier molecular flexibility index (Phi) is 8.98. The Hall–Kier alpha value is -5.10. The Labute approximate surface area is 362 Å². The Balaban J connectivity index is 0.000000293. The fourth-order valence-corrected chi connectivity index (χ4v) is 6.24. The summed E-state index contributed by atoms with van der Waals surface area (Å²) in [6.07, 6.45) is 1.34. The molecule has 293 valence electrons. The van der Waals surface area contributed by atoms with Gasteiger partial charge in [0.25, 0.3) is 0 Å². The number of benzene rings is 4. The van der Waals surface area contributed by atoms with E-state index in [-0.39, 0.29) is 47.8 Å². The Morgan fingerprint density at radius 3 is 1.98 bits per heavy atom. The predicted octanol–water partition coefficient (Wildman–Crippen LogP) is 12.8. The third-order valence-corrected chi connectivity index (χ3v) is 9.08. The summed E-state index contributed by atoms with van der Waals surface area (Å²) in [5, 5.41) is 3.50. The molecule has 8 rings (SSSR count). The van der Waals surface area contributed by atoms with Gasteiger partial charge < -0.3 is 14.4 Å². The molecule has 57 heavy (non-hydrogen) atoms.